The quantitative estimate of drug-likeness (QED) is 0.555. The number of nitrogens with one attached hydrogen (secondary N) is 1. The van der Waals surface area contributed by atoms with Gasteiger partial charge in [-0.1, -0.05) is 15.9 Å². The SMILES string of the molecule is COc1cc(Br)cc(C=Nc2ccc(NC(=O)c3ccco3)c(C)c2)c1O. The topological polar surface area (TPSA) is 84.1 Å². The molecule has 0 fully saturated rings. The van der Waals surface area contributed by atoms with Crippen LogP contribution in [0.3, 0.4) is 0 Å². The number of nitrogens with zero attached hydrogens (tertiary/aromatic N) is 1. The van der Waals surface area contributed by atoms with Crippen LogP contribution >= 0.6 is 15.9 Å². The van der Waals surface area contributed by atoms with E-state index in [-0.39, 0.29) is 17.4 Å². The number of carbonyl (C=O) groups is 1. The lowest BCUT2D eigenvalue weighted by Crippen LogP contribution is -2.11. The molecule has 0 unspecified atom stereocenters. The Bertz CT molecular complexity index is 997. The van der Waals surface area contributed by atoms with Crippen LogP contribution in [0.15, 0.2) is 62.6 Å². The van der Waals surface area contributed by atoms with Gasteiger partial charge in [-0.3, -0.25) is 9.79 Å². The summed E-state index contributed by atoms with van der Waals surface area (Å²) in [6.07, 6.45) is 3.00. The fraction of sp³-hybridized carbons (Fsp3) is 0.100. The Morgan fingerprint density at radius 3 is 2.78 bits per heavy atom. The maximum atomic E-state index is 12.1. The Morgan fingerprint density at radius 1 is 1.30 bits per heavy atom. The molecule has 0 saturated heterocycles. The fourth-order valence-electron chi connectivity index (χ4n) is 2.45. The third-order valence-corrected chi connectivity index (χ3v) is 4.30. The van der Waals surface area contributed by atoms with Crippen molar-refractivity contribution in [2.24, 2.45) is 4.99 Å². The zero-order valence-corrected chi connectivity index (χ0v) is 16.3. The van der Waals surface area contributed by atoms with Crippen LogP contribution in [0.5, 0.6) is 11.5 Å². The van der Waals surface area contributed by atoms with E-state index in [1.165, 1.54) is 13.4 Å². The molecule has 3 rings (SSSR count). The van der Waals surface area contributed by atoms with E-state index in [0.29, 0.717) is 22.7 Å². The van der Waals surface area contributed by atoms with Crippen LogP contribution in [0.1, 0.15) is 21.7 Å². The van der Waals surface area contributed by atoms with Crippen molar-refractivity contribution in [3.8, 4) is 11.5 Å². The van der Waals surface area contributed by atoms with Gasteiger partial charge in [-0.05, 0) is 55.0 Å². The number of hydrogen-bond acceptors (Lipinski definition) is 5. The Balaban J connectivity index is 1.79. The number of aliphatic imine (C=N–C) groups is 1. The first-order valence-corrected chi connectivity index (χ1v) is 8.83. The fourth-order valence-corrected chi connectivity index (χ4v) is 2.91. The van der Waals surface area contributed by atoms with Gasteiger partial charge in [0.25, 0.3) is 5.91 Å². The zero-order valence-electron chi connectivity index (χ0n) is 14.7. The molecule has 0 atom stereocenters. The van der Waals surface area contributed by atoms with E-state index in [1.807, 2.05) is 13.0 Å². The monoisotopic (exact) mass is 428 g/mol. The van der Waals surface area contributed by atoms with Gasteiger partial charge in [0.2, 0.25) is 0 Å². The Kier molecular flexibility index (Phi) is 5.61. The van der Waals surface area contributed by atoms with Gasteiger partial charge in [0.05, 0.1) is 19.1 Å². The number of rotatable bonds is 5. The smallest absolute Gasteiger partial charge is 0.291 e. The number of amides is 1. The van der Waals surface area contributed by atoms with Crippen LogP contribution in [-0.2, 0) is 0 Å². The van der Waals surface area contributed by atoms with Gasteiger partial charge in [-0.15, -0.1) is 0 Å². The summed E-state index contributed by atoms with van der Waals surface area (Å²) in [5.74, 6) is 0.308. The summed E-state index contributed by atoms with van der Waals surface area (Å²) in [7, 11) is 1.49. The molecule has 1 heterocycles. The third-order valence-electron chi connectivity index (χ3n) is 3.84. The van der Waals surface area contributed by atoms with Crippen LogP contribution < -0.4 is 10.1 Å². The van der Waals surface area contributed by atoms with Crippen molar-refractivity contribution in [2.75, 3.05) is 12.4 Å². The zero-order chi connectivity index (χ0) is 19.4. The highest BCUT2D eigenvalue weighted by Crippen LogP contribution is 2.33. The molecule has 6 nitrogen and oxygen atoms in total. The molecule has 3 aromatic rings. The molecule has 7 heteroatoms. The lowest BCUT2D eigenvalue weighted by molar-refractivity contribution is 0.0996. The largest absolute Gasteiger partial charge is 0.504 e. The Morgan fingerprint density at radius 2 is 2.11 bits per heavy atom. The molecule has 2 N–H and O–H groups in total. The summed E-state index contributed by atoms with van der Waals surface area (Å²) in [5, 5.41) is 13.0. The van der Waals surface area contributed by atoms with Gasteiger partial charge < -0.3 is 19.6 Å². The maximum Gasteiger partial charge on any atom is 0.291 e. The molecule has 0 aliphatic carbocycles. The number of benzene rings is 2. The van der Waals surface area contributed by atoms with E-state index in [1.54, 1.807) is 42.6 Å². The second kappa shape index (κ2) is 8.09. The highest BCUT2D eigenvalue weighted by molar-refractivity contribution is 9.10. The molecular weight excluding hydrogens is 412 g/mol. The maximum absolute atomic E-state index is 12.1. The van der Waals surface area contributed by atoms with Crippen molar-refractivity contribution in [3.63, 3.8) is 0 Å². The number of aromatic hydroxyl groups is 1. The highest BCUT2D eigenvalue weighted by atomic mass is 79.9. The average molecular weight is 429 g/mol. The van der Waals surface area contributed by atoms with Crippen LogP contribution in [-0.4, -0.2) is 24.3 Å². The number of hydrogen-bond donors (Lipinski definition) is 2. The molecule has 1 amide bonds. The van der Waals surface area contributed by atoms with Crippen molar-refractivity contribution in [3.05, 3.63) is 70.1 Å². The van der Waals surface area contributed by atoms with Crippen LogP contribution in [0.4, 0.5) is 11.4 Å². The Hall–Kier alpha value is -3.06. The predicted octanol–water partition coefficient (Wildman–Crippen LogP) is 5.07. The first kappa shape index (κ1) is 18.7. The lowest BCUT2D eigenvalue weighted by atomic mass is 10.1. The summed E-state index contributed by atoms with van der Waals surface area (Å²) in [6.45, 7) is 1.87. The molecule has 2 aromatic carbocycles. The van der Waals surface area contributed by atoms with Gasteiger partial charge in [-0.2, -0.15) is 0 Å². The normalized spacial score (nSPS) is 10.9. The number of phenolic OH excluding ortho intramolecular Hbond substituents is 1. The summed E-state index contributed by atoms with van der Waals surface area (Å²) < 4.78 is 11.0. The van der Waals surface area contributed by atoms with E-state index < -0.39 is 0 Å². The first-order chi connectivity index (χ1) is 13.0. The van der Waals surface area contributed by atoms with Crippen molar-refractivity contribution >= 4 is 39.4 Å². The highest BCUT2D eigenvalue weighted by Gasteiger charge is 2.11. The number of aryl methyl sites for hydroxylation is 1. The number of methoxy groups -OCH3 is 1. The van der Waals surface area contributed by atoms with Crippen molar-refractivity contribution < 1.29 is 19.1 Å². The average Bonchev–Trinajstić information content (AvgIpc) is 3.19. The van der Waals surface area contributed by atoms with E-state index in [4.69, 9.17) is 9.15 Å². The minimum atomic E-state index is -0.314. The van der Waals surface area contributed by atoms with Gasteiger partial charge >= 0.3 is 0 Å². The molecule has 138 valence electrons. The molecule has 0 bridgehead atoms. The predicted molar refractivity (Wildman–Crippen MR) is 107 cm³/mol. The van der Waals surface area contributed by atoms with E-state index in [2.05, 4.69) is 26.2 Å². The molecule has 1 aromatic heterocycles. The number of ether oxygens (including phenoxy) is 1. The minimum absolute atomic E-state index is 0.0171. The van der Waals surface area contributed by atoms with Crippen molar-refractivity contribution in [1.29, 1.82) is 0 Å². The van der Waals surface area contributed by atoms with E-state index in [0.717, 1.165) is 10.0 Å². The molecule has 0 radical (unpaired) electrons. The second-order valence-corrected chi connectivity index (χ2v) is 6.65. The third kappa shape index (κ3) is 4.38. The van der Waals surface area contributed by atoms with Crippen molar-refractivity contribution in [1.82, 2.24) is 0 Å². The number of carbonyl (C=O) groups excluding carboxylic acids is 1. The van der Waals surface area contributed by atoms with Gasteiger partial charge in [0, 0.05) is 21.9 Å². The molecule has 0 saturated carbocycles. The van der Waals surface area contributed by atoms with Crippen LogP contribution in [0, 0.1) is 6.92 Å². The van der Waals surface area contributed by atoms with E-state index >= 15 is 0 Å². The molecular formula is C20H17BrN2O4. The molecule has 0 spiro atoms. The summed E-state index contributed by atoms with van der Waals surface area (Å²) >= 11 is 3.37. The van der Waals surface area contributed by atoms with Gasteiger partial charge in [0.15, 0.2) is 17.3 Å². The first-order valence-electron chi connectivity index (χ1n) is 8.04. The molecule has 0 aliphatic heterocycles. The summed E-state index contributed by atoms with van der Waals surface area (Å²) in [4.78, 5) is 16.5. The number of anilines is 1. The standard InChI is InChI=1S/C20H17BrN2O4/c1-12-8-15(5-6-16(12)23-20(25)17-4-3-7-27-17)22-11-13-9-14(21)10-18(26-2)19(13)24/h3-11,24H,1-2H3,(H,23,25). The minimum Gasteiger partial charge on any atom is -0.504 e. The Labute approximate surface area is 164 Å². The lowest BCUT2D eigenvalue weighted by Gasteiger charge is -2.08. The van der Waals surface area contributed by atoms with Gasteiger partial charge in [0.1, 0.15) is 0 Å². The van der Waals surface area contributed by atoms with Gasteiger partial charge in [-0.25, -0.2) is 0 Å². The summed E-state index contributed by atoms with van der Waals surface area (Å²) in [5.41, 5.74) is 2.72. The molecule has 27 heavy (non-hydrogen) atoms. The number of furan rings is 1. The molecule has 0 aliphatic rings. The van der Waals surface area contributed by atoms with Crippen LogP contribution in [0.25, 0.3) is 0 Å². The van der Waals surface area contributed by atoms with E-state index in [9.17, 15) is 9.90 Å². The number of halogens is 1. The summed E-state index contributed by atoms with van der Waals surface area (Å²) in [6, 6.07) is 12.0. The van der Waals surface area contributed by atoms with Crippen molar-refractivity contribution in [2.45, 2.75) is 6.92 Å². The second-order valence-electron chi connectivity index (χ2n) is 5.73. The van der Waals surface area contributed by atoms with Crippen LogP contribution in [0.2, 0.25) is 0 Å². The number of phenols is 1.